The number of hydrogen-bond donors (Lipinski definition) is 2. The van der Waals surface area contributed by atoms with E-state index >= 15 is 0 Å². The van der Waals surface area contributed by atoms with E-state index < -0.39 is 6.04 Å². The topological polar surface area (TPSA) is 68.4 Å². The van der Waals surface area contributed by atoms with Gasteiger partial charge in [0.15, 0.2) is 5.11 Å². The van der Waals surface area contributed by atoms with Crippen molar-refractivity contribution in [3.05, 3.63) is 30.5 Å². The number of H-pyrrole nitrogens is 1. The lowest BCUT2D eigenvalue weighted by Crippen LogP contribution is -2.44. The van der Waals surface area contributed by atoms with Crippen LogP contribution in [0, 0.1) is 0 Å². The molecule has 1 atom stereocenters. The molecule has 2 heterocycles. The molecule has 1 aromatic carbocycles. The normalized spacial score (nSPS) is 21.4. The second kappa shape index (κ2) is 7.91. The van der Waals surface area contributed by atoms with Gasteiger partial charge in [-0.25, -0.2) is 0 Å². The van der Waals surface area contributed by atoms with E-state index in [1.54, 1.807) is 7.05 Å². The summed E-state index contributed by atoms with van der Waals surface area (Å²) in [4.78, 5) is 32.2. The Bertz CT molecular complexity index is 901. The van der Waals surface area contributed by atoms with Crippen LogP contribution in [0.1, 0.15) is 44.9 Å². The number of benzene rings is 1. The van der Waals surface area contributed by atoms with Crippen LogP contribution in [-0.4, -0.2) is 50.8 Å². The van der Waals surface area contributed by atoms with E-state index in [0.29, 0.717) is 5.11 Å². The fraction of sp³-hybridized carbons (Fsp3) is 0.476. The molecule has 0 spiro atoms. The lowest BCUT2D eigenvalue weighted by atomic mass is 10.0. The average Bonchev–Trinajstić information content (AvgIpc) is 3.09. The van der Waals surface area contributed by atoms with Gasteiger partial charge in [0.25, 0.3) is 5.91 Å². The third kappa shape index (κ3) is 3.63. The number of fused-ring (bicyclic) bond motifs is 1. The molecule has 2 amide bonds. The zero-order valence-corrected chi connectivity index (χ0v) is 16.9. The van der Waals surface area contributed by atoms with Crippen molar-refractivity contribution in [1.29, 1.82) is 0 Å². The van der Waals surface area contributed by atoms with Crippen molar-refractivity contribution in [2.45, 2.75) is 57.0 Å². The number of hydrogen-bond acceptors (Lipinski definition) is 3. The van der Waals surface area contributed by atoms with Gasteiger partial charge in [-0.3, -0.25) is 14.5 Å². The number of carbonyl (C=O) groups excluding carboxylic acids is 2. The quantitative estimate of drug-likeness (QED) is 0.609. The van der Waals surface area contributed by atoms with Gasteiger partial charge in [0, 0.05) is 30.5 Å². The summed E-state index contributed by atoms with van der Waals surface area (Å²) >= 11 is 5.56. The van der Waals surface area contributed by atoms with Crippen LogP contribution in [0.15, 0.2) is 30.5 Å². The first kappa shape index (κ1) is 18.9. The summed E-state index contributed by atoms with van der Waals surface area (Å²) in [7, 11) is 1.71. The smallest absolute Gasteiger partial charge is 0.251 e. The van der Waals surface area contributed by atoms with Gasteiger partial charge < -0.3 is 15.2 Å². The first-order chi connectivity index (χ1) is 13.5. The van der Waals surface area contributed by atoms with Crippen LogP contribution in [-0.2, 0) is 9.59 Å². The van der Waals surface area contributed by atoms with E-state index in [-0.39, 0.29) is 24.3 Å². The minimum absolute atomic E-state index is 0.0794. The molecule has 28 heavy (non-hydrogen) atoms. The number of aromatic nitrogens is 1. The van der Waals surface area contributed by atoms with E-state index in [2.05, 4.69) is 10.3 Å². The van der Waals surface area contributed by atoms with Crippen molar-refractivity contribution in [2.24, 2.45) is 0 Å². The Morgan fingerprint density at radius 1 is 1.21 bits per heavy atom. The van der Waals surface area contributed by atoms with E-state index in [1.165, 1.54) is 17.7 Å². The summed E-state index contributed by atoms with van der Waals surface area (Å²) in [6.45, 7) is 0. The number of aromatic amines is 1. The second-order valence-electron chi connectivity index (χ2n) is 7.78. The fourth-order valence-electron chi connectivity index (χ4n) is 4.39. The summed E-state index contributed by atoms with van der Waals surface area (Å²) in [6, 6.07) is 7.47. The van der Waals surface area contributed by atoms with E-state index in [0.717, 1.165) is 42.3 Å². The van der Waals surface area contributed by atoms with Crippen LogP contribution in [0.4, 0.5) is 5.69 Å². The Balaban J connectivity index is 1.49. The maximum Gasteiger partial charge on any atom is 0.251 e. The van der Waals surface area contributed by atoms with Crippen molar-refractivity contribution in [1.82, 2.24) is 14.8 Å². The summed E-state index contributed by atoms with van der Waals surface area (Å²) < 4.78 is 0. The third-order valence-corrected chi connectivity index (χ3v) is 6.38. The molecule has 2 fully saturated rings. The lowest BCUT2D eigenvalue weighted by molar-refractivity contribution is -0.130. The first-order valence-electron chi connectivity index (χ1n) is 10.0. The molecule has 2 aliphatic rings. The van der Waals surface area contributed by atoms with Gasteiger partial charge in [0.1, 0.15) is 6.04 Å². The van der Waals surface area contributed by atoms with Crippen molar-refractivity contribution in [3.63, 3.8) is 0 Å². The zero-order chi connectivity index (χ0) is 19.7. The van der Waals surface area contributed by atoms with E-state index in [9.17, 15) is 9.59 Å². The Morgan fingerprint density at radius 3 is 2.71 bits per heavy atom. The molecule has 7 heteroatoms. The second-order valence-corrected chi connectivity index (χ2v) is 8.15. The standard InChI is InChI=1S/C21H26N4O2S/c1-24-20(27)18(25(21(24)28)16-6-4-2-3-5-7-16)13-19(26)23-15-9-8-14-10-11-22-17(14)12-15/h8-12,16,18,22H,2-7,13H2,1H3,(H,23,26). The number of carbonyl (C=O) groups is 2. The molecule has 1 aliphatic carbocycles. The molecule has 6 nitrogen and oxygen atoms in total. The number of rotatable bonds is 4. The van der Waals surface area contributed by atoms with Crippen LogP contribution in [0.3, 0.4) is 0 Å². The minimum Gasteiger partial charge on any atom is -0.361 e. The molecule has 1 saturated heterocycles. The molecule has 1 aliphatic heterocycles. The summed E-state index contributed by atoms with van der Waals surface area (Å²) in [5.74, 6) is -0.245. The number of anilines is 1. The van der Waals surface area contributed by atoms with Crippen LogP contribution in [0.5, 0.6) is 0 Å². The number of thiocarbonyl (C=S) groups is 1. The van der Waals surface area contributed by atoms with E-state index in [4.69, 9.17) is 12.2 Å². The third-order valence-electron chi connectivity index (χ3n) is 5.89. The van der Waals surface area contributed by atoms with Gasteiger partial charge in [-0.15, -0.1) is 0 Å². The van der Waals surface area contributed by atoms with E-state index in [1.807, 2.05) is 35.4 Å². The van der Waals surface area contributed by atoms with Crippen LogP contribution in [0.25, 0.3) is 10.9 Å². The predicted molar refractivity (Wildman–Crippen MR) is 114 cm³/mol. The van der Waals surface area contributed by atoms with Gasteiger partial charge in [-0.1, -0.05) is 31.7 Å². The highest BCUT2D eigenvalue weighted by Gasteiger charge is 2.44. The number of amides is 2. The zero-order valence-electron chi connectivity index (χ0n) is 16.1. The highest BCUT2D eigenvalue weighted by atomic mass is 32.1. The largest absolute Gasteiger partial charge is 0.361 e. The monoisotopic (exact) mass is 398 g/mol. The Kier molecular flexibility index (Phi) is 5.35. The average molecular weight is 399 g/mol. The molecular formula is C21H26N4O2S. The maximum atomic E-state index is 12.8. The Morgan fingerprint density at radius 2 is 1.96 bits per heavy atom. The molecule has 1 unspecified atom stereocenters. The Labute approximate surface area is 170 Å². The highest BCUT2D eigenvalue weighted by Crippen LogP contribution is 2.30. The van der Waals surface area contributed by atoms with Crippen LogP contribution in [0.2, 0.25) is 0 Å². The first-order valence-corrected chi connectivity index (χ1v) is 10.4. The highest BCUT2D eigenvalue weighted by molar-refractivity contribution is 7.80. The molecule has 2 aromatic rings. The minimum atomic E-state index is -0.505. The lowest BCUT2D eigenvalue weighted by Gasteiger charge is -2.32. The van der Waals surface area contributed by atoms with Crippen molar-refractivity contribution < 1.29 is 9.59 Å². The van der Waals surface area contributed by atoms with Gasteiger partial charge in [0.05, 0.1) is 6.42 Å². The van der Waals surface area contributed by atoms with Crippen LogP contribution < -0.4 is 5.32 Å². The summed E-state index contributed by atoms with van der Waals surface area (Å²) in [5.41, 5.74) is 1.69. The van der Waals surface area contributed by atoms with Gasteiger partial charge in [-0.05, 0) is 48.6 Å². The molecular weight excluding hydrogens is 372 g/mol. The molecule has 1 aromatic heterocycles. The number of nitrogens with zero attached hydrogens (tertiary/aromatic N) is 2. The van der Waals surface area contributed by atoms with Gasteiger partial charge >= 0.3 is 0 Å². The number of likely N-dealkylation sites (N-methyl/N-ethyl adjacent to an activating group) is 1. The number of nitrogens with one attached hydrogen (secondary N) is 2. The SMILES string of the molecule is CN1C(=O)C(CC(=O)Nc2ccc3cc[nH]c3c2)N(C2CCCCCC2)C1=S. The van der Waals surface area contributed by atoms with Crippen molar-refractivity contribution in [2.75, 3.05) is 12.4 Å². The van der Waals surface area contributed by atoms with Gasteiger partial charge in [0.2, 0.25) is 5.91 Å². The van der Waals surface area contributed by atoms with Crippen LogP contribution >= 0.6 is 12.2 Å². The molecule has 148 valence electrons. The molecule has 0 radical (unpaired) electrons. The predicted octanol–water partition coefficient (Wildman–Crippen LogP) is 3.65. The molecule has 1 saturated carbocycles. The summed E-state index contributed by atoms with van der Waals surface area (Å²) in [5, 5.41) is 4.59. The van der Waals surface area contributed by atoms with Gasteiger partial charge in [-0.2, -0.15) is 0 Å². The van der Waals surface area contributed by atoms with Crippen molar-refractivity contribution >= 4 is 45.7 Å². The molecule has 4 rings (SSSR count). The molecule has 2 N–H and O–H groups in total. The summed E-state index contributed by atoms with van der Waals surface area (Å²) in [6.07, 6.45) is 8.80. The fourth-order valence-corrected chi connectivity index (χ4v) is 4.76. The van der Waals surface area contributed by atoms with Crippen molar-refractivity contribution in [3.8, 4) is 0 Å². The maximum absolute atomic E-state index is 12.8. The Hall–Kier alpha value is -2.41. The molecule has 0 bridgehead atoms.